The van der Waals surface area contributed by atoms with Gasteiger partial charge in [0.15, 0.2) is 5.78 Å². The normalized spacial score (nSPS) is 27.2. The van der Waals surface area contributed by atoms with Crippen molar-refractivity contribution < 1.29 is 4.79 Å². The van der Waals surface area contributed by atoms with Crippen LogP contribution < -0.4 is 4.90 Å². The van der Waals surface area contributed by atoms with Crippen LogP contribution in [-0.2, 0) is 0 Å². The number of pyridine rings is 1. The van der Waals surface area contributed by atoms with E-state index in [1.54, 1.807) is 19.2 Å². The smallest absolute Gasteiger partial charge is 0.159 e. The molecule has 0 aromatic carbocycles. The maximum atomic E-state index is 11.5. The Morgan fingerprint density at radius 2 is 2.20 bits per heavy atom. The molecule has 2 saturated heterocycles. The van der Waals surface area contributed by atoms with Crippen LogP contribution in [0.2, 0.25) is 0 Å². The molecule has 2 aliphatic rings. The number of aromatic nitrogens is 1. The Morgan fingerprint density at radius 3 is 3.00 bits per heavy atom. The Labute approximate surface area is 120 Å². The molecule has 20 heavy (non-hydrogen) atoms. The van der Waals surface area contributed by atoms with E-state index in [4.69, 9.17) is 0 Å². The number of ketones is 1. The molecule has 2 aliphatic heterocycles. The average molecular weight is 273 g/mol. The van der Waals surface area contributed by atoms with Crippen molar-refractivity contribution in [3.63, 3.8) is 0 Å². The van der Waals surface area contributed by atoms with Crippen molar-refractivity contribution >= 4 is 11.6 Å². The molecule has 2 fully saturated rings. The van der Waals surface area contributed by atoms with Gasteiger partial charge in [0.05, 0.1) is 0 Å². The van der Waals surface area contributed by atoms with Crippen molar-refractivity contribution in [2.24, 2.45) is 0 Å². The molecule has 0 bridgehead atoms. The van der Waals surface area contributed by atoms with Gasteiger partial charge in [-0.25, -0.2) is 4.98 Å². The number of rotatable bonds is 2. The number of carbonyl (C=O) groups excluding carboxylic acids is 1. The number of anilines is 1. The predicted molar refractivity (Wildman–Crippen MR) is 80.3 cm³/mol. The van der Waals surface area contributed by atoms with E-state index in [9.17, 15) is 4.79 Å². The number of nitrogens with zero attached hydrogens (tertiary/aromatic N) is 3. The molecular weight excluding hydrogens is 250 g/mol. The maximum Gasteiger partial charge on any atom is 0.159 e. The van der Waals surface area contributed by atoms with Crippen LogP contribution in [0.4, 0.5) is 5.82 Å². The topological polar surface area (TPSA) is 36.4 Å². The van der Waals surface area contributed by atoms with Crippen molar-refractivity contribution in [2.45, 2.75) is 45.2 Å². The second-order valence-electron chi connectivity index (χ2n) is 6.10. The van der Waals surface area contributed by atoms with E-state index in [-0.39, 0.29) is 5.78 Å². The summed E-state index contributed by atoms with van der Waals surface area (Å²) in [6, 6.07) is 4.85. The van der Waals surface area contributed by atoms with Crippen molar-refractivity contribution in [3.8, 4) is 0 Å². The molecule has 0 amide bonds. The fourth-order valence-electron chi connectivity index (χ4n) is 3.47. The SMILES string of the molecule is CC(=O)c1ccnc(N2CC3CCCCN3CC2C)c1. The van der Waals surface area contributed by atoms with Gasteiger partial charge in [-0.05, 0) is 45.4 Å². The van der Waals surface area contributed by atoms with Crippen molar-refractivity contribution in [1.29, 1.82) is 0 Å². The summed E-state index contributed by atoms with van der Waals surface area (Å²) >= 11 is 0. The quantitative estimate of drug-likeness (QED) is 0.775. The van der Waals surface area contributed by atoms with Crippen LogP contribution in [0.3, 0.4) is 0 Å². The number of carbonyl (C=O) groups is 1. The first-order valence-corrected chi connectivity index (χ1v) is 7.63. The highest BCUT2D eigenvalue weighted by Crippen LogP contribution is 2.27. The van der Waals surface area contributed by atoms with Crippen molar-refractivity contribution in [1.82, 2.24) is 9.88 Å². The largest absolute Gasteiger partial charge is 0.351 e. The van der Waals surface area contributed by atoms with Crippen LogP contribution in [0.15, 0.2) is 18.3 Å². The molecule has 2 unspecified atom stereocenters. The summed E-state index contributed by atoms with van der Waals surface area (Å²) in [5, 5.41) is 0. The molecule has 0 saturated carbocycles. The summed E-state index contributed by atoms with van der Waals surface area (Å²) < 4.78 is 0. The van der Waals surface area contributed by atoms with Gasteiger partial charge in [0.1, 0.15) is 5.82 Å². The first-order chi connectivity index (χ1) is 9.65. The summed E-state index contributed by atoms with van der Waals surface area (Å²) in [7, 11) is 0. The molecule has 3 heterocycles. The van der Waals surface area contributed by atoms with E-state index in [1.807, 2.05) is 6.07 Å². The van der Waals surface area contributed by atoms with Gasteiger partial charge >= 0.3 is 0 Å². The van der Waals surface area contributed by atoms with Crippen LogP contribution in [0.25, 0.3) is 0 Å². The fourth-order valence-corrected chi connectivity index (χ4v) is 3.47. The molecular formula is C16H23N3O. The summed E-state index contributed by atoms with van der Waals surface area (Å²) in [6.45, 7) is 7.25. The molecule has 3 rings (SSSR count). The van der Waals surface area contributed by atoms with Crippen LogP contribution >= 0.6 is 0 Å². The molecule has 4 heteroatoms. The summed E-state index contributed by atoms with van der Waals surface area (Å²) in [4.78, 5) is 21.0. The number of piperazine rings is 1. The highest BCUT2D eigenvalue weighted by Gasteiger charge is 2.33. The van der Waals surface area contributed by atoms with E-state index in [0.717, 1.165) is 24.5 Å². The minimum Gasteiger partial charge on any atom is -0.351 e. The summed E-state index contributed by atoms with van der Waals surface area (Å²) in [5.41, 5.74) is 0.758. The average Bonchev–Trinajstić information content (AvgIpc) is 2.46. The zero-order valence-corrected chi connectivity index (χ0v) is 12.4. The van der Waals surface area contributed by atoms with Gasteiger partial charge in [-0.2, -0.15) is 0 Å². The van der Waals surface area contributed by atoms with Gasteiger partial charge in [0.2, 0.25) is 0 Å². The lowest BCUT2D eigenvalue weighted by atomic mass is 9.97. The number of hydrogen-bond acceptors (Lipinski definition) is 4. The summed E-state index contributed by atoms with van der Waals surface area (Å²) in [6.07, 6.45) is 5.72. The Balaban J connectivity index is 1.82. The zero-order chi connectivity index (χ0) is 14.1. The first kappa shape index (κ1) is 13.6. The minimum absolute atomic E-state index is 0.109. The number of piperidine rings is 1. The van der Waals surface area contributed by atoms with E-state index in [1.165, 1.54) is 25.8 Å². The molecule has 108 valence electrons. The van der Waals surface area contributed by atoms with E-state index in [2.05, 4.69) is 21.7 Å². The number of fused-ring (bicyclic) bond motifs is 1. The van der Waals surface area contributed by atoms with E-state index < -0.39 is 0 Å². The summed E-state index contributed by atoms with van der Waals surface area (Å²) in [5.74, 6) is 1.06. The lowest BCUT2D eigenvalue weighted by Gasteiger charge is -2.48. The molecule has 0 radical (unpaired) electrons. The predicted octanol–water partition coefficient (Wildman–Crippen LogP) is 2.35. The highest BCUT2D eigenvalue weighted by atomic mass is 16.1. The Bertz CT molecular complexity index is 502. The first-order valence-electron chi connectivity index (χ1n) is 7.63. The second kappa shape index (κ2) is 5.52. The molecule has 2 atom stereocenters. The van der Waals surface area contributed by atoms with Crippen molar-refractivity contribution in [3.05, 3.63) is 23.9 Å². The van der Waals surface area contributed by atoms with Gasteiger partial charge in [0, 0.05) is 36.9 Å². The standard InChI is InChI=1S/C16H23N3O/c1-12-10-18-8-4-3-5-15(18)11-19(12)16-9-14(13(2)20)6-7-17-16/h6-7,9,12,15H,3-5,8,10-11H2,1-2H3. The highest BCUT2D eigenvalue weighted by molar-refractivity contribution is 5.94. The number of hydrogen-bond donors (Lipinski definition) is 0. The third kappa shape index (κ3) is 2.57. The van der Waals surface area contributed by atoms with Crippen LogP contribution in [-0.4, -0.2) is 47.4 Å². The molecule has 4 nitrogen and oxygen atoms in total. The monoisotopic (exact) mass is 273 g/mol. The molecule has 0 N–H and O–H groups in total. The molecule has 0 aliphatic carbocycles. The van der Waals surface area contributed by atoms with Crippen LogP contribution in [0.1, 0.15) is 43.5 Å². The Kier molecular flexibility index (Phi) is 3.74. The van der Waals surface area contributed by atoms with Crippen molar-refractivity contribution in [2.75, 3.05) is 24.5 Å². The van der Waals surface area contributed by atoms with Gasteiger partial charge in [-0.1, -0.05) is 6.42 Å². The zero-order valence-electron chi connectivity index (χ0n) is 12.4. The Morgan fingerprint density at radius 1 is 1.35 bits per heavy atom. The maximum absolute atomic E-state index is 11.5. The van der Waals surface area contributed by atoms with Gasteiger partial charge in [-0.15, -0.1) is 0 Å². The molecule has 1 aromatic heterocycles. The molecule has 1 aromatic rings. The van der Waals surface area contributed by atoms with Gasteiger partial charge < -0.3 is 4.90 Å². The fraction of sp³-hybridized carbons (Fsp3) is 0.625. The lowest BCUT2D eigenvalue weighted by molar-refractivity contribution is 0.101. The molecule has 0 spiro atoms. The minimum atomic E-state index is 0.109. The third-order valence-corrected chi connectivity index (χ3v) is 4.63. The second-order valence-corrected chi connectivity index (χ2v) is 6.10. The van der Waals surface area contributed by atoms with E-state index >= 15 is 0 Å². The number of Topliss-reactive ketones (excluding diaryl/α,β-unsaturated/α-hetero) is 1. The van der Waals surface area contributed by atoms with Crippen LogP contribution in [0, 0.1) is 0 Å². The van der Waals surface area contributed by atoms with Gasteiger partial charge in [-0.3, -0.25) is 9.69 Å². The van der Waals surface area contributed by atoms with Crippen LogP contribution in [0.5, 0.6) is 0 Å². The lowest BCUT2D eigenvalue weighted by Crippen LogP contribution is -2.59. The Hall–Kier alpha value is -1.42. The van der Waals surface area contributed by atoms with Gasteiger partial charge in [0.25, 0.3) is 0 Å². The van der Waals surface area contributed by atoms with E-state index in [0.29, 0.717) is 12.1 Å². The third-order valence-electron chi connectivity index (χ3n) is 4.63.